The number of morpholine rings is 1. The van der Waals surface area contributed by atoms with Crippen LogP contribution in [0.15, 0.2) is 16.6 Å². The minimum atomic E-state index is 0.585. The van der Waals surface area contributed by atoms with E-state index >= 15 is 0 Å². The second kappa shape index (κ2) is 9.40. The lowest BCUT2D eigenvalue weighted by Gasteiger charge is -2.37. The number of ether oxygens (including phenoxy) is 1. The summed E-state index contributed by atoms with van der Waals surface area (Å²) in [5, 5.41) is 0. The summed E-state index contributed by atoms with van der Waals surface area (Å²) < 4.78 is 5.41. The quantitative estimate of drug-likeness (QED) is 0.568. The normalized spacial score (nSPS) is 22.9. The molecular formula is C18H34N4O. The molecule has 0 aliphatic carbocycles. The van der Waals surface area contributed by atoms with Crippen molar-refractivity contribution in [1.82, 2.24) is 14.7 Å². The van der Waals surface area contributed by atoms with E-state index in [0.29, 0.717) is 5.92 Å². The van der Waals surface area contributed by atoms with Crippen LogP contribution in [-0.2, 0) is 4.74 Å². The van der Waals surface area contributed by atoms with E-state index in [1.807, 2.05) is 7.05 Å². The van der Waals surface area contributed by atoms with Crippen LogP contribution in [0.4, 0.5) is 0 Å². The first-order valence-corrected chi connectivity index (χ1v) is 9.02. The lowest BCUT2D eigenvalue weighted by molar-refractivity contribution is 0.0315. The van der Waals surface area contributed by atoms with Gasteiger partial charge in [0.25, 0.3) is 0 Å². The summed E-state index contributed by atoms with van der Waals surface area (Å²) >= 11 is 0. The predicted octanol–water partition coefficient (Wildman–Crippen LogP) is 1.57. The standard InChI is InChI=1S/C18H34N4O/c1-16(2)17(3)15-18(19-4)22-9-7-20(8-10-22)5-6-21-11-13-23-14-12-21/h15-16H,5-14H2,1-4H3/b17-15-,19-18?. The summed E-state index contributed by atoms with van der Waals surface area (Å²) in [7, 11) is 1.91. The summed E-state index contributed by atoms with van der Waals surface area (Å²) in [6.07, 6.45) is 2.26. The number of rotatable bonds is 5. The van der Waals surface area contributed by atoms with E-state index in [4.69, 9.17) is 4.74 Å². The van der Waals surface area contributed by atoms with Crippen LogP contribution in [0.1, 0.15) is 20.8 Å². The average Bonchev–Trinajstić information content (AvgIpc) is 2.59. The maximum atomic E-state index is 5.41. The second-order valence-corrected chi connectivity index (χ2v) is 6.91. The number of aliphatic imine (C=N–C) groups is 1. The first-order valence-electron chi connectivity index (χ1n) is 9.02. The molecule has 0 unspecified atom stereocenters. The van der Waals surface area contributed by atoms with Crippen molar-refractivity contribution < 1.29 is 4.74 Å². The van der Waals surface area contributed by atoms with Gasteiger partial charge in [0, 0.05) is 59.4 Å². The molecule has 2 saturated heterocycles. The van der Waals surface area contributed by atoms with Crippen molar-refractivity contribution in [2.24, 2.45) is 10.9 Å². The molecule has 2 aliphatic rings. The number of amidine groups is 1. The van der Waals surface area contributed by atoms with Gasteiger partial charge in [-0.05, 0) is 18.9 Å². The zero-order chi connectivity index (χ0) is 16.7. The number of hydrogen-bond donors (Lipinski definition) is 0. The molecule has 132 valence electrons. The molecule has 0 radical (unpaired) electrons. The van der Waals surface area contributed by atoms with E-state index in [-0.39, 0.29) is 0 Å². The van der Waals surface area contributed by atoms with Crippen LogP contribution >= 0.6 is 0 Å². The lowest BCUT2D eigenvalue weighted by atomic mass is 10.0. The van der Waals surface area contributed by atoms with Gasteiger partial charge in [-0.25, -0.2) is 0 Å². The molecule has 0 spiro atoms. The Kier molecular flexibility index (Phi) is 7.53. The molecule has 2 fully saturated rings. The van der Waals surface area contributed by atoms with Gasteiger partial charge in [0.1, 0.15) is 5.84 Å². The highest BCUT2D eigenvalue weighted by atomic mass is 16.5. The molecule has 5 nitrogen and oxygen atoms in total. The van der Waals surface area contributed by atoms with Crippen molar-refractivity contribution in [3.05, 3.63) is 11.6 Å². The fourth-order valence-electron chi connectivity index (χ4n) is 2.98. The molecule has 5 heteroatoms. The van der Waals surface area contributed by atoms with Gasteiger partial charge in [0.15, 0.2) is 0 Å². The van der Waals surface area contributed by atoms with Crippen LogP contribution in [0.5, 0.6) is 0 Å². The minimum absolute atomic E-state index is 0.585. The molecule has 0 aromatic carbocycles. The van der Waals surface area contributed by atoms with Gasteiger partial charge in [-0.3, -0.25) is 14.8 Å². The van der Waals surface area contributed by atoms with Crippen LogP contribution in [0.3, 0.4) is 0 Å². The molecule has 0 N–H and O–H groups in total. The van der Waals surface area contributed by atoms with Gasteiger partial charge in [-0.2, -0.15) is 0 Å². The van der Waals surface area contributed by atoms with E-state index in [1.165, 1.54) is 18.7 Å². The van der Waals surface area contributed by atoms with E-state index in [9.17, 15) is 0 Å². The molecule has 23 heavy (non-hydrogen) atoms. The van der Waals surface area contributed by atoms with Gasteiger partial charge in [0.05, 0.1) is 13.2 Å². The Bertz CT molecular complexity index is 405. The van der Waals surface area contributed by atoms with Crippen molar-refractivity contribution in [3.8, 4) is 0 Å². The van der Waals surface area contributed by atoms with E-state index < -0.39 is 0 Å². The molecule has 0 aromatic heterocycles. The predicted molar refractivity (Wildman–Crippen MR) is 97.2 cm³/mol. The summed E-state index contributed by atoms with van der Waals surface area (Å²) in [5.74, 6) is 1.73. The SMILES string of the molecule is CN=C(/C=C(/C)C(C)C)N1CCN(CCN2CCOCC2)CC1. The largest absolute Gasteiger partial charge is 0.379 e. The number of piperazine rings is 1. The third-order valence-electron chi connectivity index (χ3n) is 5.03. The van der Waals surface area contributed by atoms with Crippen LogP contribution in [0.25, 0.3) is 0 Å². The van der Waals surface area contributed by atoms with Gasteiger partial charge in [-0.15, -0.1) is 0 Å². The fourth-order valence-corrected chi connectivity index (χ4v) is 2.98. The third kappa shape index (κ3) is 5.90. The number of hydrogen-bond acceptors (Lipinski definition) is 4. The minimum Gasteiger partial charge on any atom is -0.379 e. The highest BCUT2D eigenvalue weighted by molar-refractivity contribution is 5.93. The Labute approximate surface area is 142 Å². The van der Waals surface area contributed by atoms with E-state index in [0.717, 1.165) is 58.3 Å². The van der Waals surface area contributed by atoms with Crippen molar-refractivity contribution in [2.45, 2.75) is 20.8 Å². The van der Waals surface area contributed by atoms with Crippen LogP contribution in [0, 0.1) is 5.92 Å². The fraction of sp³-hybridized carbons (Fsp3) is 0.833. The molecule has 0 bridgehead atoms. The molecule has 0 atom stereocenters. The van der Waals surface area contributed by atoms with Gasteiger partial charge in [0.2, 0.25) is 0 Å². The molecule has 2 heterocycles. The zero-order valence-corrected chi connectivity index (χ0v) is 15.4. The third-order valence-corrected chi connectivity index (χ3v) is 5.03. The number of allylic oxidation sites excluding steroid dienone is 1. The second-order valence-electron chi connectivity index (χ2n) is 6.91. The summed E-state index contributed by atoms with van der Waals surface area (Å²) in [5.41, 5.74) is 1.40. The molecule has 2 rings (SSSR count). The first-order chi connectivity index (χ1) is 11.1. The molecule has 0 saturated carbocycles. The van der Waals surface area contributed by atoms with Crippen molar-refractivity contribution >= 4 is 5.84 Å². The van der Waals surface area contributed by atoms with Crippen molar-refractivity contribution in [1.29, 1.82) is 0 Å². The Morgan fingerprint density at radius 3 is 2.09 bits per heavy atom. The number of nitrogens with zero attached hydrogens (tertiary/aromatic N) is 4. The van der Waals surface area contributed by atoms with Crippen LogP contribution in [0.2, 0.25) is 0 Å². The average molecular weight is 322 g/mol. The van der Waals surface area contributed by atoms with E-state index in [2.05, 4.69) is 46.5 Å². The molecule has 0 aromatic rings. The highest BCUT2D eigenvalue weighted by Crippen LogP contribution is 2.11. The van der Waals surface area contributed by atoms with Crippen molar-refractivity contribution in [3.63, 3.8) is 0 Å². The monoisotopic (exact) mass is 322 g/mol. The summed E-state index contributed by atoms with van der Waals surface area (Å²) in [4.78, 5) is 12.0. The van der Waals surface area contributed by atoms with E-state index in [1.54, 1.807) is 0 Å². The van der Waals surface area contributed by atoms with Gasteiger partial charge < -0.3 is 9.64 Å². The summed E-state index contributed by atoms with van der Waals surface area (Å²) in [6, 6.07) is 0. The zero-order valence-electron chi connectivity index (χ0n) is 15.4. The topological polar surface area (TPSA) is 31.3 Å². The molecule has 2 aliphatic heterocycles. The van der Waals surface area contributed by atoms with Crippen LogP contribution in [-0.4, -0.2) is 93.2 Å². The molecular weight excluding hydrogens is 288 g/mol. The lowest BCUT2D eigenvalue weighted by Crippen LogP contribution is -2.50. The Hall–Kier alpha value is -0.910. The molecule has 0 amide bonds. The van der Waals surface area contributed by atoms with Crippen LogP contribution < -0.4 is 0 Å². The Morgan fingerprint density at radius 1 is 1.00 bits per heavy atom. The van der Waals surface area contributed by atoms with Gasteiger partial charge in [-0.1, -0.05) is 19.4 Å². The summed E-state index contributed by atoms with van der Waals surface area (Å²) in [6.45, 7) is 17.4. The highest BCUT2D eigenvalue weighted by Gasteiger charge is 2.19. The van der Waals surface area contributed by atoms with Gasteiger partial charge >= 0.3 is 0 Å². The Morgan fingerprint density at radius 2 is 1.57 bits per heavy atom. The maximum Gasteiger partial charge on any atom is 0.123 e. The maximum absolute atomic E-state index is 5.41. The Balaban J connectivity index is 1.75. The van der Waals surface area contributed by atoms with Crippen molar-refractivity contribution in [2.75, 3.05) is 72.6 Å². The first kappa shape index (κ1) is 18.4. The smallest absolute Gasteiger partial charge is 0.123 e.